The number of aromatic nitrogens is 3. The lowest BCUT2D eigenvalue weighted by Gasteiger charge is -2.06. The summed E-state index contributed by atoms with van der Waals surface area (Å²) in [6, 6.07) is 17.4. The lowest BCUT2D eigenvalue weighted by Crippen LogP contribution is -1.98. The Morgan fingerprint density at radius 2 is 1.50 bits per heavy atom. The summed E-state index contributed by atoms with van der Waals surface area (Å²) < 4.78 is 0. The van der Waals surface area contributed by atoms with Gasteiger partial charge >= 0.3 is 0 Å². The van der Waals surface area contributed by atoms with Crippen LogP contribution in [0.15, 0.2) is 54.6 Å². The number of aliphatic hydroxyl groups excluding tert-OH is 1. The van der Waals surface area contributed by atoms with Crippen LogP contribution >= 0.6 is 11.6 Å². The van der Waals surface area contributed by atoms with Gasteiger partial charge in [-0.05, 0) is 29.7 Å². The number of rotatable bonds is 4. The Balaban J connectivity index is 2.04. The van der Waals surface area contributed by atoms with Crippen molar-refractivity contribution in [2.75, 3.05) is 6.61 Å². The molecule has 3 aromatic rings. The molecule has 0 aliphatic heterocycles. The molecule has 110 valence electrons. The fraction of sp³-hybridized carbons (Fsp3) is 0.118. The smallest absolute Gasteiger partial charge is 0.226 e. The second kappa shape index (κ2) is 6.64. The van der Waals surface area contributed by atoms with Crippen LogP contribution in [-0.4, -0.2) is 26.7 Å². The maximum atomic E-state index is 9.06. The van der Waals surface area contributed by atoms with Crippen LogP contribution in [0.4, 0.5) is 0 Å². The molecule has 0 amide bonds. The van der Waals surface area contributed by atoms with Crippen molar-refractivity contribution in [1.29, 1.82) is 0 Å². The summed E-state index contributed by atoms with van der Waals surface area (Å²) in [5.74, 6) is 1.07. The van der Waals surface area contributed by atoms with Gasteiger partial charge < -0.3 is 5.11 Å². The molecule has 1 aromatic heterocycles. The van der Waals surface area contributed by atoms with Crippen LogP contribution in [0, 0.1) is 0 Å². The highest BCUT2D eigenvalue weighted by molar-refractivity contribution is 6.28. The Morgan fingerprint density at radius 3 is 2.23 bits per heavy atom. The molecular weight excluding hydrogens is 298 g/mol. The first-order chi connectivity index (χ1) is 10.8. The summed E-state index contributed by atoms with van der Waals surface area (Å²) in [4.78, 5) is 12.9. The van der Waals surface area contributed by atoms with Crippen molar-refractivity contribution in [2.45, 2.75) is 6.42 Å². The first kappa shape index (κ1) is 14.6. The van der Waals surface area contributed by atoms with Gasteiger partial charge in [0.2, 0.25) is 5.28 Å². The van der Waals surface area contributed by atoms with E-state index in [0.29, 0.717) is 18.1 Å². The maximum Gasteiger partial charge on any atom is 0.226 e. The highest BCUT2D eigenvalue weighted by atomic mass is 35.5. The van der Waals surface area contributed by atoms with Gasteiger partial charge in [0.1, 0.15) is 0 Å². The summed E-state index contributed by atoms with van der Waals surface area (Å²) in [5.41, 5.74) is 2.77. The summed E-state index contributed by atoms with van der Waals surface area (Å²) in [7, 11) is 0. The third-order valence-corrected chi connectivity index (χ3v) is 3.39. The average Bonchev–Trinajstić information content (AvgIpc) is 2.56. The van der Waals surface area contributed by atoms with E-state index in [4.69, 9.17) is 16.7 Å². The fourth-order valence-corrected chi connectivity index (χ4v) is 2.35. The van der Waals surface area contributed by atoms with Crippen molar-refractivity contribution >= 4 is 11.6 Å². The molecule has 0 fully saturated rings. The molecule has 0 saturated carbocycles. The predicted molar refractivity (Wildman–Crippen MR) is 86.5 cm³/mol. The summed E-state index contributed by atoms with van der Waals surface area (Å²) in [6.07, 6.45) is 0.595. The number of aliphatic hydroxyl groups is 1. The van der Waals surface area contributed by atoms with E-state index in [2.05, 4.69) is 15.0 Å². The van der Waals surface area contributed by atoms with E-state index in [1.807, 2.05) is 54.6 Å². The predicted octanol–water partition coefficient (Wildman–Crippen LogP) is 3.39. The molecule has 22 heavy (non-hydrogen) atoms. The monoisotopic (exact) mass is 311 g/mol. The van der Waals surface area contributed by atoms with Gasteiger partial charge in [-0.25, -0.2) is 4.98 Å². The zero-order chi connectivity index (χ0) is 15.4. The zero-order valence-corrected chi connectivity index (χ0v) is 12.5. The summed E-state index contributed by atoms with van der Waals surface area (Å²) in [6.45, 7) is 0.108. The van der Waals surface area contributed by atoms with Gasteiger partial charge in [-0.15, -0.1) is 0 Å². The van der Waals surface area contributed by atoms with E-state index in [-0.39, 0.29) is 11.9 Å². The molecular formula is C17H14ClN3O. The second-order valence-corrected chi connectivity index (χ2v) is 5.13. The van der Waals surface area contributed by atoms with Crippen molar-refractivity contribution < 1.29 is 5.11 Å². The van der Waals surface area contributed by atoms with Crippen LogP contribution in [0.5, 0.6) is 0 Å². The fourth-order valence-electron chi connectivity index (χ4n) is 2.19. The summed E-state index contributed by atoms with van der Waals surface area (Å²) >= 11 is 6.05. The van der Waals surface area contributed by atoms with E-state index in [0.717, 1.165) is 16.7 Å². The SMILES string of the molecule is OCCc1cccc(-c2nc(Cl)nc(-c3ccccc3)n2)c1. The van der Waals surface area contributed by atoms with Crippen molar-refractivity contribution in [1.82, 2.24) is 15.0 Å². The van der Waals surface area contributed by atoms with Crippen molar-refractivity contribution in [3.05, 3.63) is 65.4 Å². The molecule has 1 N–H and O–H groups in total. The molecule has 0 radical (unpaired) electrons. The molecule has 1 heterocycles. The largest absolute Gasteiger partial charge is 0.396 e. The molecule has 0 unspecified atom stereocenters. The molecule has 0 bridgehead atoms. The minimum absolute atomic E-state index is 0.108. The molecule has 0 atom stereocenters. The molecule has 4 nitrogen and oxygen atoms in total. The van der Waals surface area contributed by atoms with Gasteiger partial charge in [0.05, 0.1) is 0 Å². The Kier molecular flexibility index (Phi) is 4.42. The molecule has 0 spiro atoms. The first-order valence-electron chi connectivity index (χ1n) is 6.93. The maximum absolute atomic E-state index is 9.06. The van der Waals surface area contributed by atoms with Gasteiger partial charge in [-0.2, -0.15) is 9.97 Å². The molecule has 5 heteroatoms. The quantitative estimate of drug-likeness (QED) is 0.802. The molecule has 3 rings (SSSR count). The Bertz CT molecular complexity index is 778. The first-order valence-corrected chi connectivity index (χ1v) is 7.31. The zero-order valence-electron chi connectivity index (χ0n) is 11.8. The van der Waals surface area contributed by atoms with Crippen molar-refractivity contribution in [3.63, 3.8) is 0 Å². The van der Waals surface area contributed by atoms with Gasteiger partial charge in [0.25, 0.3) is 0 Å². The standard InChI is InChI=1S/C17H14ClN3O/c18-17-20-15(13-6-2-1-3-7-13)19-16(21-17)14-8-4-5-12(11-14)9-10-22/h1-8,11,22H,9-10H2. The van der Waals surface area contributed by atoms with E-state index >= 15 is 0 Å². The Hall–Kier alpha value is -2.30. The highest BCUT2D eigenvalue weighted by Crippen LogP contribution is 2.22. The molecule has 2 aromatic carbocycles. The molecule has 0 aliphatic rings. The van der Waals surface area contributed by atoms with Crippen LogP contribution in [-0.2, 0) is 6.42 Å². The van der Waals surface area contributed by atoms with Crippen LogP contribution < -0.4 is 0 Å². The van der Waals surface area contributed by atoms with Gasteiger partial charge in [-0.3, -0.25) is 0 Å². The third-order valence-electron chi connectivity index (χ3n) is 3.23. The van der Waals surface area contributed by atoms with Crippen LogP contribution in [0.3, 0.4) is 0 Å². The van der Waals surface area contributed by atoms with Crippen LogP contribution in [0.2, 0.25) is 5.28 Å². The van der Waals surface area contributed by atoms with E-state index in [1.54, 1.807) is 0 Å². The number of halogens is 1. The minimum atomic E-state index is 0.108. The van der Waals surface area contributed by atoms with E-state index in [9.17, 15) is 0 Å². The number of benzene rings is 2. The second-order valence-electron chi connectivity index (χ2n) is 4.79. The average molecular weight is 312 g/mol. The minimum Gasteiger partial charge on any atom is -0.396 e. The van der Waals surface area contributed by atoms with Gasteiger partial charge in [0.15, 0.2) is 11.6 Å². The van der Waals surface area contributed by atoms with E-state index < -0.39 is 0 Å². The van der Waals surface area contributed by atoms with Gasteiger partial charge in [0, 0.05) is 17.7 Å². The number of nitrogens with zero attached hydrogens (tertiary/aromatic N) is 3. The number of hydrogen-bond acceptors (Lipinski definition) is 4. The molecule has 0 saturated heterocycles. The third kappa shape index (κ3) is 3.30. The van der Waals surface area contributed by atoms with Crippen molar-refractivity contribution in [3.8, 4) is 22.8 Å². The Labute approximate surface area is 133 Å². The Morgan fingerprint density at radius 1 is 0.818 bits per heavy atom. The molecule has 0 aliphatic carbocycles. The van der Waals surface area contributed by atoms with E-state index in [1.165, 1.54) is 0 Å². The highest BCUT2D eigenvalue weighted by Gasteiger charge is 2.09. The lowest BCUT2D eigenvalue weighted by atomic mass is 10.1. The van der Waals surface area contributed by atoms with Crippen molar-refractivity contribution in [2.24, 2.45) is 0 Å². The topological polar surface area (TPSA) is 58.9 Å². The normalized spacial score (nSPS) is 10.6. The lowest BCUT2D eigenvalue weighted by molar-refractivity contribution is 0.299. The number of hydrogen-bond donors (Lipinski definition) is 1. The van der Waals surface area contributed by atoms with Crippen LogP contribution in [0.25, 0.3) is 22.8 Å². The van der Waals surface area contributed by atoms with Crippen LogP contribution in [0.1, 0.15) is 5.56 Å². The van der Waals surface area contributed by atoms with Gasteiger partial charge in [-0.1, -0.05) is 48.5 Å². The summed E-state index contributed by atoms with van der Waals surface area (Å²) in [5, 5.41) is 9.22.